The molecule has 0 saturated carbocycles. The third-order valence-electron chi connectivity index (χ3n) is 3.96. The molecule has 11 heteroatoms. The number of hydrogen-bond donors (Lipinski definition) is 2. The number of nitrogens with zero attached hydrogens (tertiary/aromatic N) is 3. The minimum Gasteiger partial charge on any atom is -0.377 e. The van der Waals surface area contributed by atoms with Crippen molar-refractivity contribution < 1.29 is 22.7 Å². The van der Waals surface area contributed by atoms with E-state index in [0.717, 1.165) is 12.3 Å². The van der Waals surface area contributed by atoms with E-state index in [2.05, 4.69) is 20.7 Å². The summed E-state index contributed by atoms with van der Waals surface area (Å²) < 4.78 is 45.2. The number of urea groups is 1. The van der Waals surface area contributed by atoms with Gasteiger partial charge in [0.1, 0.15) is 5.69 Å². The van der Waals surface area contributed by atoms with Crippen LogP contribution in [0.25, 0.3) is 5.52 Å². The second-order valence-corrected chi connectivity index (χ2v) is 6.28. The summed E-state index contributed by atoms with van der Waals surface area (Å²) in [6.45, 7) is 1.78. The maximum atomic E-state index is 12.8. The minimum atomic E-state index is -4.61. The Hall–Kier alpha value is -2.85. The molecule has 2 amide bonds. The van der Waals surface area contributed by atoms with Crippen LogP contribution in [0, 0.1) is 0 Å². The highest BCUT2D eigenvalue weighted by Gasteiger charge is 2.32. The fraction of sp³-hybridized carbons (Fsp3) is 0.235. The van der Waals surface area contributed by atoms with E-state index in [1.807, 2.05) is 0 Å². The highest BCUT2D eigenvalue weighted by molar-refractivity contribution is 6.31. The number of halogens is 4. The molecule has 0 aliphatic rings. The van der Waals surface area contributed by atoms with Crippen LogP contribution in [0.3, 0.4) is 0 Å². The molecule has 0 aliphatic heterocycles. The number of fused-ring (bicyclic) bond motifs is 1. The van der Waals surface area contributed by atoms with Gasteiger partial charge >= 0.3 is 12.2 Å². The van der Waals surface area contributed by atoms with Gasteiger partial charge in [0.25, 0.3) is 0 Å². The van der Waals surface area contributed by atoms with E-state index in [1.165, 1.54) is 23.9 Å². The van der Waals surface area contributed by atoms with E-state index in [0.29, 0.717) is 21.8 Å². The van der Waals surface area contributed by atoms with Crippen molar-refractivity contribution in [2.75, 3.05) is 17.7 Å². The molecule has 3 heterocycles. The first-order valence-electron chi connectivity index (χ1n) is 8.00. The van der Waals surface area contributed by atoms with Gasteiger partial charge in [-0.05, 0) is 25.1 Å². The quantitative estimate of drug-likeness (QED) is 0.646. The average molecular weight is 414 g/mol. The maximum absolute atomic E-state index is 12.8. The van der Waals surface area contributed by atoms with Crippen LogP contribution in [0.5, 0.6) is 0 Å². The summed E-state index contributed by atoms with van der Waals surface area (Å²) in [5.74, 6) is 0. The molecule has 0 fully saturated rings. The van der Waals surface area contributed by atoms with Crippen molar-refractivity contribution in [3.05, 3.63) is 53.1 Å². The van der Waals surface area contributed by atoms with Crippen LogP contribution in [0.4, 0.5) is 29.3 Å². The topological polar surface area (TPSA) is 80.5 Å². The SMILES string of the molecule is CO[C@@H](C)c1c(NC(=O)Nc2ccnc(C(F)(F)F)c2)cnn2cc(Cl)cc12. The summed E-state index contributed by atoms with van der Waals surface area (Å²) in [7, 11) is 1.51. The summed E-state index contributed by atoms with van der Waals surface area (Å²) >= 11 is 6.02. The Morgan fingerprint density at radius 3 is 2.75 bits per heavy atom. The van der Waals surface area contributed by atoms with Crippen LogP contribution in [-0.2, 0) is 10.9 Å². The molecule has 148 valence electrons. The van der Waals surface area contributed by atoms with Crippen LogP contribution < -0.4 is 10.6 Å². The molecule has 0 aromatic carbocycles. The lowest BCUT2D eigenvalue weighted by atomic mass is 10.1. The summed E-state index contributed by atoms with van der Waals surface area (Å²) in [4.78, 5) is 15.6. The summed E-state index contributed by atoms with van der Waals surface area (Å²) in [5, 5.41) is 9.55. The number of aromatic nitrogens is 3. The van der Waals surface area contributed by atoms with Crippen molar-refractivity contribution in [3.8, 4) is 0 Å². The number of amides is 2. The number of anilines is 2. The monoisotopic (exact) mass is 413 g/mol. The van der Waals surface area contributed by atoms with Crippen molar-refractivity contribution in [3.63, 3.8) is 0 Å². The van der Waals surface area contributed by atoms with Crippen molar-refractivity contribution in [1.29, 1.82) is 0 Å². The molecule has 3 aromatic heterocycles. The normalized spacial score (nSPS) is 12.8. The molecule has 0 saturated heterocycles. The van der Waals surface area contributed by atoms with Crippen molar-refractivity contribution >= 4 is 34.5 Å². The first-order chi connectivity index (χ1) is 13.2. The fourth-order valence-corrected chi connectivity index (χ4v) is 2.83. The standard InChI is InChI=1S/C17H15ClF3N5O2/c1-9(28-2)15-12(7-23-26-8-10(18)5-13(15)26)25-16(27)24-11-3-4-22-14(6-11)17(19,20)21/h3-9H,1-2H3,(H2,22,24,25,27)/t9-/m0/s1. The minimum absolute atomic E-state index is 0.0547. The lowest BCUT2D eigenvalue weighted by molar-refractivity contribution is -0.141. The van der Waals surface area contributed by atoms with E-state index in [4.69, 9.17) is 16.3 Å². The second-order valence-electron chi connectivity index (χ2n) is 5.84. The van der Waals surface area contributed by atoms with Gasteiger partial charge < -0.3 is 15.4 Å². The number of rotatable bonds is 4. The molecule has 0 spiro atoms. The molecular weight excluding hydrogens is 399 g/mol. The summed E-state index contributed by atoms with van der Waals surface area (Å²) in [6, 6.07) is 2.92. The molecule has 0 aliphatic carbocycles. The van der Waals surface area contributed by atoms with Gasteiger partial charge in [-0.1, -0.05) is 11.6 Å². The van der Waals surface area contributed by atoms with Crippen LogP contribution in [0.1, 0.15) is 24.3 Å². The zero-order valence-corrected chi connectivity index (χ0v) is 15.5. The molecule has 1 atom stereocenters. The third kappa shape index (κ3) is 4.18. The van der Waals surface area contributed by atoms with Gasteiger partial charge in [-0.2, -0.15) is 18.3 Å². The van der Waals surface area contributed by atoms with Gasteiger partial charge in [0.2, 0.25) is 0 Å². The van der Waals surface area contributed by atoms with Crippen LogP contribution >= 0.6 is 11.6 Å². The number of pyridine rings is 1. The van der Waals surface area contributed by atoms with Gasteiger partial charge in [-0.15, -0.1) is 0 Å². The number of hydrogen-bond acceptors (Lipinski definition) is 4. The Morgan fingerprint density at radius 2 is 2.07 bits per heavy atom. The lowest BCUT2D eigenvalue weighted by Crippen LogP contribution is -2.22. The van der Waals surface area contributed by atoms with Crippen molar-refractivity contribution in [2.24, 2.45) is 0 Å². The van der Waals surface area contributed by atoms with E-state index >= 15 is 0 Å². The largest absolute Gasteiger partial charge is 0.433 e. The molecule has 28 heavy (non-hydrogen) atoms. The molecular formula is C17H15ClF3N5O2. The van der Waals surface area contributed by atoms with Gasteiger partial charge in [-0.25, -0.2) is 9.31 Å². The maximum Gasteiger partial charge on any atom is 0.433 e. The number of nitrogens with one attached hydrogen (secondary N) is 2. The molecule has 0 bridgehead atoms. The van der Waals surface area contributed by atoms with Gasteiger partial charge in [0, 0.05) is 30.8 Å². The first kappa shape index (κ1) is 19.9. The predicted octanol–water partition coefficient (Wildman–Crippen LogP) is 4.75. The number of carbonyl (C=O) groups is 1. The number of methoxy groups -OCH3 is 1. The average Bonchev–Trinajstić information content (AvgIpc) is 3.00. The van der Waals surface area contributed by atoms with Crippen molar-refractivity contribution in [1.82, 2.24) is 14.6 Å². The second kappa shape index (κ2) is 7.64. The number of carbonyl (C=O) groups excluding carboxylic acids is 1. The molecule has 3 aromatic rings. The van der Waals surface area contributed by atoms with Crippen LogP contribution in [0.15, 0.2) is 36.8 Å². The number of alkyl halides is 3. The smallest absolute Gasteiger partial charge is 0.377 e. The third-order valence-corrected chi connectivity index (χ3v) is 4.17. The summed E-state index contributed by atoms with van der Waals surface area (Å²) in [6.07, 6.45) is -1.06. The fourth-order valence-electron chi connectivity index (χ4n) is 2.64. The Bertz CT molecular complexity index is 1020. The highest BCUT2D eigenvalue weighted by Crippen LogP contribution is 2.31. The van der Waals surface area contributed by atoms with Gasteiger partial charge in [0.15, 0.2) is 0 Å². The molecule has 0 radical (unpaired) electrons. The zero-order chi connectivity index (χ0) is 20.5. The van der Waals surface area contributed by atoms with E-state index in [9.17, 15) is 18.0 Å². The van der Waals surface area contributed by atoms with Crippen LogP contribution in [-0.4, -0.2) is 27.7 Å². The Balaban J connectivity index is 1.87. The molecule has 0 unspecified atom stereocenters. The molecule has 3 rings (SSSR count). The summed E-state index contributed by atoms with van der Waals surface area (Å²) in [5.41, 5.74) is 0.413. The van der Waals surface area contributed by atoms with Crippen molar-refractivity contribution in [2.45, 2.75) is 19.2 Å². The van der Waals surface area contributed by atoms with Crippen LogP contribution in [0.2, 0.25) is 5.02 Å². The Labute approximate surface area is 162 Å². The lowest BCUT2D eigenvalue weighted by Gasteiger charge is -2.17. The first-order valence-corrected chi connectivity index (χ1v) is 8.37. The van der Waals surface area contributed by atoms with Gasteiger partial charge in [0.05, 0.1) is 28.5 Å². The molecule has 2 N–H and O–H groups in total. The van der Waals surface area contributed by atoms with Gasteiger partial charge in [-0.3, -0.25) is 4.98 Å². The highest BCUT2D eigenvalue weighted by atomic mass is 35.5. The van der Waals surface area contributed by atoms with E-state index in [-0.39, 0.29) is 5.69 Å². The number of ether oxygens (including phenoxy) is 1. The molecule has 7 nitrogen and oxygen atoms in total. The van der Waals surface area contributed by atoms with E-state index in [1.54, 1.807) is 19.2 Å². The Morgan fingerprint density at radius 1 is 1.32 bits per heavy atom. The predicted molar refractivity (Wildman–Crippen MR) is 97.5 cm³/mol. The zero-order valence-electron chi connectivity index (χ0n) is 14.7. The van der Waals surface area contributed by atoms with E-state index < -0.39 is 24.0 Å². The Kier molecular flexibility index (Phi) is 5.43.